The summed E-state index contributed by atoms with van der Waals surface area (Å²) in [5.74, 6) is -0.152. The molecule has 1 aliphatic rings. The van der Waals surface area contributed by atoms with Gasteiger partial charge in [-0.15, -0.1) is 0 Å². The number of aliphatic hydroxyl groups is 1. The fraction of sp³-hybridized carbons (Fsp3) is 0.444. The molecule has 0 radical (unpaired) electrons. The number of aromatic amines is 1. The molecule has 0 spiro atoms. The number of rotatable bonds is 5. The zero-order chi connectivity index (χ0) is 17.1. The molecule has 0 saturated heterocycles. The predicted octanol–water partition coefficient (Wildman–Crippen LogP) is 1.90. The van der Waals surface area contributed by atoms with Crippen LogP contribution in [0, 0.1) is 0 Å². The van der Waals surface area contributed by atoms with Crippen LogP contribution in [0.1, 0.15) is 52.8 Å². The Labute approximate surface area is 141 Å². The van der Waals surface area contributed by atoms with Gasteiger partial charge in [0.2, 0.25) is 0 Å². The molecular formula is C18H23N3O3. The number of H-pyrrole nitrogens is 1. The molecule has 0 aliphatic carbocycles. The van der Waals surface area contributed by atoms with Crippen molar-refractivity contribution >= 4 is 5.91 Å². The second-order valence-electron chi connectivity index (χ2n) is 6.24. The van der Waals surface area contributed by atoms with Crippen LogP contribution in [0.2, 0.25) is 0 Å². The number of aliphatic hydroxyl groups excluding tert-OH is 1. The molecule has 24 heavy (non-hydrogen) atoms. The number of hydrogen-bond donors (Lipinski definition) is 3. The van der Waals surface area contributed by atoms with Crippen molar-refractivity contribution < 1.29 is 14.6 Å². The van der Waals surface area contributed by atoms with Crippen LogP contribution in [-0.4, -0.2) is 33.9 Å². The minimum atomic E-state index is -0.152. The number of fused-ring (bicyclic) bond motifs is 1. The molecule has 2 heterocycles. The van der Waals surface area contributed by atoms with Gasteiger partial charge in [0, 0.05) is 18.5 Å². The van der Waals surface area contributed by atoms with Crippen molar-refractivity contribution in [2.45, 2.75) is 45.5 Å². The molecule has 0 saturated carbocycles. The molecule has 2 atom stereocenters. The lowest BCUT2D eigenvalue weighted by Crippen LogP contribution is -2.29. The average Bonchev–Trinajstić information content (AvgIpc) is 2.99. The number of nitrogens with one attached hydrogen (secondary N) is 2. The van der Waals surface area contributed by atoms with Crippen LogP contribution in [0.25, 0.3) is 0 Å². The maximum atomic E-state index is 12.4. The number of carbonyl (C=O) groups is 1. The molecule has 0 bridgehead atoms. The first-order valence-electron chi connectivity index (χ1n) is 8.28. The summed E-state index contributed by atoms with van der Waals surface area (Å²) in [6.45, 7) is 4.55. The van der Waals surface area contributed by atoms with Crippen LogP contribution in [0.5, 0.6) is 0 Å². The summed E-state index contributed by atoms with van der Waals surface area (Å²) in [5.41, 5.74) is 4.34. The number of hydrogen-bond acceptors (Lipinski definition) is 4. The van der Waals surface area contributed by atoms with Gasteiger partial charge in [-0.3, -0.25) is 9.89 Å². The number of ether oxygens (including phenoxy) is 1. The molecule has 1 amide bonds. The second-order valence-corrected chi connectivity index (χ2v) is 6.24. The Morgan fingerprint density at radius 1 is 1.33 bits per heavy atom. The number of amides is 1. The van der Waals surface area contributed by atoms with Crippen molar-refractivity contribution in [2.75, 3.05) is 6.54 Å². The lowest BCUT2D eigenvalue weighted by atomic mass is 9.99. The number of aromatic nitrogens is 2. The highest BCUT2D eigenvalue weighted by Gasteiger charge is 2.29. The topological polar surface area (TPSA) is 87.2 Å². The van der Waals surface area contributed by atoms with Gasteiger partial charge in [0.15, 0.2) is 5.69 Å². The molecule has 3 N–H and O–H groups in total. The summed E-state index contributed by atoms with van der Waals surface area (Å²) in [5, 5.41) is 19.1. The lowest BCUT2D eigenvalue weighted by Gasteiger charge is -2.25. The quantitative estimate of drug-likeness (QED) is 0.782. The average molecular weight is 329 g/mol. The van der Waals surface area contributed by atoms with E-state index in [-0.39, 0.29) is 24.7 Å². The van der Waals surface area contributed by atoms with Crippen LogP contribution < -0.4 is 5.32 Å². The maximum Gasteiger partial charge on any atom is 0.272 e. The molecule has 1 aliphatic heterocycles. The summed E-state index contributed by atoms with van der Waals surface area (Å²) in [6.07, 6.45) is 1.45. The van der Waals surface area contributed by atoms with Crippen LogP contribution in [0.3, 0.4) is 0 Å². The van der Waals surface area contributed by atoms with Crippen LogP contribution >= 0.6 is 0 Å². The molecule has 0 unspecified atom stereocenters. The van der Waals surface area contributed by atoms with E-state index in [1.165, 1.54) is 0 Å². The predicted molar refractivity (Wildman–Crippen MR) is 89.7 cm³/mol. The van der Waals surface area contributed by atoms with E-state index >= 15 is 0 Å². The van der Waals surface area contributed by atoms with E-state index in [1.807, 2.05) is 38.1 Å². The summed E-state index contributed by atoms with van der Waals surface area (Å²) in [7, 11) is 0. The van der Waals surface area contributed by atoms with Gasteiger partial charge in [-0.2, -0.15) is 5.10 Å². The van der Waals surface area contributed by atoms with Crippen LogP contribution in [0.4, 0.5) is 0 Å². The second kappa shape index (κ2) is 7.15. The molecule has 0 fully saturated rings. The van der Waals surface area contributed by atoms with Crippen molar-refractivity contribution in [1.82, 2.24) is 15.5 Å². The minimum absolute atomic E-state index is 0.0435. The highest BCUT2D eigenvalue weighted by Crippen LogP contribution is 2.29. The summed E-state index contributed by atoms with van der Waals surface area (Å²) >= 11 is 0. The Morgan fingerprint density at radius 3 is 2.75 bits per heavy atom. The first-order valence-corrected chi connectivity index (χ1v) is 8.28. The third-order valence-corrected chi connectivity index (χ3v) is 4.35. The Bertz CT molecular complexity index is 709. The van der Waals surface area contributed by atoms with Crippen LogP contribution in [0.15, 0.2) is 24.3 Å². The van der Waals surface area contributed by atoms with Crippen molar-refractivity contribution in [2.24, 2.45) is 0 Å². The van der Waals surface area contributed by atoms with E-state index in [0.29, 0.717) is 18.7 Å². The van der Waals surface area contributed by atoms with E-state index in [2.05, 4.69) is 15.5 Å². The molecular weight excluding hydrogens is 306 g/mol. The Balaban J connectivity index is 1.59. The third kappa shape index (κ3) is 3.49. The number of carbonyl (C=O) groups excluding carboxylic acids is 1. The number of nitrogens with zero attached hydrogens (tertiary/aromatic N) is 1. The Kier molecular flexibility index (Phi) is 4.97. The normalized spacial score (nSPS) is 19.8. The van der Waals surface area contributed by atoms with E-state index in [0.717, 1.165) is 28.8 Å². The zero-order valence-corrected chi connectivity index (χ0v) is 14.0. The molecule has 2 aromatic rings. The molecule has 6 nitrogen and oxygen atoms in total. The van der Waals surface area contributed by atoms with E-state index in [1.54, 1.807) is 0 Å². The van der Waals surface area contributed by atoms with Crippen LogP contribution in [-0.2, 0) is 24.2 Å². The highest BCUT2D eigenvalue weighted by atomic mass is 16.5. The fourth-order valence-corrected chi connectivity index (χ4v) is 3.08. The van der Waals surface area contributed by atoms with Gasteiger partial charge < -0.3 is 15.2 Å². The lowest BCUT2D eigenvalue weighted by molar-refractivity contribution is -0.00697. The maximum absolute atomic E-state index is 12.4. The smallest absolute Gasteiger partial charge is 0.272 e. The third-order valence-electron chi connectivity index (χ3n) is 4.35. The molecule has 3 rings (SSSR count). The van der Waals surface area contributed by atoms with E-state index in [4.69, 9.17) is 9.84 Å². The first-order chi connectivity index (χ1) is 11.6. The van der Waals surface area contributed by atoms with E-state index < -0.39 is 0 Å². The van der Waals surface area contributed by atoms with Gasteiger partial charge in [0.05, 0.1) is 24.5 Å². The van der Waals surface area contributed by atoms with E-state index in [9.17, 15) is 4.79 Å². The SMILES string of the molecule is C[C@@H]1Cc2c(C(=O)NCCc3ccc(CO)cc3)n[nH]c2[C@H](C)O1. The molecule has 6 heteroatoms. The van der Waals surface area contributed by atoms with Crippen molar-refractivity contribution in [1.29, 1.82) is 0 Å². The highest BCUT2D eigenvalue weighted by molar-refractivity contribution is 5.94. The Hall–Kier alpha value is -2.18. The molecule has 128 valence electrons. The van der Waals surface area contributed by atoms with Gasteiger partial charge in [-0.05, 0) is 31.4 Å². The standard InChI is InChI=1S/C18H23N3O3/c1-11-9-15-16(12(2)24-11)20-21-17(15)18(23)19-8-7-13-3-5-14(10-22)6-4-13/h3-6,11-12,22H,7-10H2,1-2H3,(H,19,23)(H,20,21)/t11-,12+/m1/s1. The van der Waals surface area contributed by atoms with Crippen molar-refractivity contribution in [3.05, 3.63) is 52.3 Å². The van der Waals surface area contributed by atoms with Gasteiger partial charge in [-0.25, -0.2) is 0 Å². The van der Waals surface area contributed by atoms with Crippen molar-refractivity contribution in [3.8, 4) is 0 Å². The zero-order valence-electron chi connectivity index (χ0n) is 14.0. The summed E-state index contributed by atoms with van der Waals surface area (Å²) < 4.78 is 5.74. The fourth-order valence-electron chi connectivity index (χ4n) is 3.08. The first kappa shape index (κ1) is 16.7. The number of benzene rings is 1. The van der Waals surface area contributed by atoms with Gasteiger partial charge in [0.25, 0.3) is 5.91 Å². The Morgan fingerprint density at radius 2 is 2.04 bits per heavy atom. The summed E-state index contributed by atoms with van der Waals surface area (Å²) in [6, 6.07) is 7.72. The largest absolute Gasteiger partial charge is 0.392 e. The monoisotopic (exact) mass is 329 g/mol. The summed E-state index contributed by atoms with van der Waals surface area (Å²) in [4.78, 5) is 12.4. The van der Waals surface area contributed by atoms with Gasteiger partial charge in [-0.1, -0.05) is 24.3 Å². The molecule has 1 aromatic carbocycles. The van der Waals surface area contributed by atoms with Gasteiger partial charge >= 0.3 is 0 Å². The molecule has 1 aromatic heterocycles. The van der Waals surface area contributed by atoms with Gasteiger partial charge in [0.1, 0.15) is 0 Å². The van der Waals surface area contributed by atoms with Crippen molar-refractivity contribution in [3.63, 3.8) is 0 Å². The minimum Gasteiger partial charge on any atom is -0.392 e.